The highest BCUT2D eigenvalue weighted by Crippen LogP contribution is 2.14. The lowest BCUT2D eigenvalue weighted by Gasteiger charge is -2.24. The van der Waals surface area contributed by atoms with Gasteiger partial charge in [0.25, 0.3) is 0 Å². The third-order valence-electron chi connectivity index (χ3n) is 3.63. The minimum absolute atomic E-state index is 0.423. The molecule has 2 atom stereocenters. The van der Waals surface area contributed by atoms with Crippen LogP contribution in [0.1, 0.15) is 38.8 Å². The number of rotatable bonds is 7. The van der Waals surface area contributed by atoms with Gasteiger partial charge >= 0.3 is 0 Å². The zero-order chi connectivity index (χ0) is 13.5. The van der Waals surface area contributed by atoms with E-state index in [4.69, 9.17) is 0 Å². The van der Waals surface area contributed by atoms with Crippen LogP contribution in [0.4, 0.5) is 0 Å². The van der Waals surface area contributed by atoms with Crippen molar-refractivity contribution in [2.75, 3.05) is 20.1 Å². The molecule has 0 saturated carbocycles. The molecule has 2 nitrogen and oxygen atoms in total. The van der Waals surface area contributed by atoms with Crippen molar-refractivity contribution in [1.29, 1.82) is 0 Å². The lowest BCUT2D eigenvalue weighted by atomic mass is 10.1. The van der Waals surface area contributed by atoms with E-state index >= 15 is 0 Å². The van der Waals surface area contributed by atoms with Crippen LogP contribution in [0.3, 0.4) is 0 Å². The summed E-state index contributed by atoms with van der Waals surface area (Å²) < 4.78 is 1.29. The van der Waals surface area contributed by atoms with Crippen molar-refractivity contribution in [3.63, 3.8) is 0 Å². The van der Waals surface area contributed by atoms with Crippen molar-refractivity contribution in [2.45, 2.75) is 39.3 Å². The van der Waals surface area contributed by atoms with Gasteiger partial charge in [0.1, 0.15) is 0 Å². The molecule has 0 bridgehead atoms. The largest absolute Gasteiger partial charge is 0.309 e. The molecule has 1 aromatic rings. The van der Waals surface area contributed by atoms with Gasteiger partial charge in [-0.25, -0.2) is 0 Å². The average Bonchev–Trinajstić information content (AvgIpc) is 2.38. The normalized spacial score (nSPS) is 14.8. The maximum atomic E-state index is 3.58. The van der Waals surface area contributed by atoms with E-state index in [0.29, 0.717) is 12.1 Å². The summed E-state index contributed by atoms with van der Waals surface area (Å²) in [5.41, 5.74) is 1.36. The lowest BCUT2D eigenvalue weighted by molar-refractivity contribution is 0.249. The van der Waals surface area contributed by atoms with Crippen molar-refractivity contribution in [2.24, 2.45) is 0 Å². The third-order valence-corrected chi connectivity index (χ3v) is 4.35. The Kier molecular flexibility index (Phi) is 7.19. The molecule has 0 aromatic heterocycles. The smallest absolute Gasteiger partial charge is 0.0292 e. The molecule has 2 unspecified atom stereocenters. The Labute approximate surface area is 125 Å². The van der Waals surface area contributed by atoms with Crippen LogP contribution in [0.5, 0.6) is 0 Å². The molecule has 18 heavy (non-hydrogen) atoms. The zero-order valence-corrected chi connectivity index (χ0v) is 14.1. The zero-order valence-electron chi connectivity index (χ0n) is 11.9. The Hall–Kier alpha value is -0.130. The van der Waals surface area contributed by atoms with Gasteiger partial charge < -0.3 is 10.2 Å². The maximum absolute atomic E-state index is 3.58. The molecule has 0 heterocycles. The van der Waals surface area contributed by atoms with E-state index in [9.17, 15) is 0 Å². The van der Waals surface area contributed by atoms with Gasteiger partial charge in [0.2, 0.25) is 0 Å². The quantitative estimate of drug-likeness (QED) is 0.747. The number of hydrogen-bond donors (Lipinski definition) is 1. The van der Waals surface area contributed by atoms with Crippen LogP contribution < -0.4 is 5.32 Å². The molecule has 0 saturated heterocycles. The summed E-state index contributed by atoms with van der Waals surface area (Å²) in [5, 5.41) is 3.58. The highest BCUT2D eigenvalue weighted by Gasteiger charge is 2.08. The molecular formula is C15H25IN2. The van der Waals surface area contributed by atoms with Gasteiger partial charge in [0, 0.05) is 28.7 Å². The fourth-order valence-corrected chi connectivity index (χ4v) is 2.22. The first-order chi connectivity index (χ1) is 8.54. The minimum Gasteiger partial charge on any atom is -0.309 e. The Morgan fingerprint density at radius 1 is 1.22 bits per heavy atom. The second-order valence-electron chi connectivity index (χ2n) is 4.97. The molecule has 1 aromatic carbocycles. The van der Waals surface area contributed by atoms with E-state index in [2.05, 4.69) is 84.9 Å². The van der Waals surface area contributed by atoms with Gasteiger partial charge in [0.15, 0.2) is 0 Å². The molecule has 1 rings (SSSR count). The molecule has 0 aliphatic rings. The summed E-state index contributed by atoms with van der Waals surface area (Å²) >= 11 is 2.34. The minimum atomic E-state index is 0.423. The van der Waals surface area contributed by atoms with Crippen molar-refractivity contribution < 1.29 is 0 Å². The van der Waals surface area contributed by atoms with Gasteiger partial charge in [-0.15, -0.1) is 0 Å². The van der Waals surface area contributed by atoms with Gasteiger partial charge in [0.05, 0.1) is 0 Å². The summed E-state index contributed by atoms with van der Waals surface area (Å²) in [6.45, 7) is 8.88. The number of benzene rings is 1. The molecule has 3 heteroatoms. The second-order valence-corrected chi connectivity index (χ2v) is 6.21. The van der Waals surface area contributed by atoms with Gasteiger partial charge in [-0.05, 0) is 67.6 Å². The Bertz CT molecular complexity index is 337. The van der Waals surface area contributed by atoms with Crippen LogP contribution in [0, 0.1) is 3.57 Å². The second kappa shape index (κ2) is 8.12. The Morgan fingerprint density at radius 3 is 2.39 bits per heavy atom. The number of likely N-dealkylation sites (N-methyl/N-ethyl adjacent to an activating group) is 1. The SMILES string of the molecule is CCC(C)N(C)CCNC(C)c1ccc(I)cc1. The van der Waals surface area contributed by atoms with Crippen LogP contribution in [0.2, 0.25) is 0 Å². The molecular weight excluding hydrogens is 335 g/mol. The summed E-state index contributed by atoms with van der Waals surface area (Å²) in [4.78, 5) is 2.41. The van der Waals surface area contributed by atoms with E-state index in [1.807, 2.05) is 0 Å². The first-order valence-electron chi connectivity index (χ1n) is 6.73. The van der Waals surface area contributed by atoms with Crippen LogP contribution in [0.25, 0.3) is 0 Å². The van der Waals surface area contributed by atoms with E-state index in [1.165, 1.54) is 15.6 Å². The van der Waals surface area contributed by atoms with E-state index < -0.39 is 0 Å². The first kappa shape index (κ1) is 15.9. The topological polar surface area (TPSA) is 15.3 Å². The van der Waals surface area contributed by atoms with Gasteiger partial charge in [-0.2, -0.15) is 0 Å². The summed E-state index contributed by atoms with van der Waals surface area (Å²) in [6.07, 6.45) is 1.21. The molecule has 0 amide bonds. The molecule has 0 fully saturated rings. The fraction of sp³-hybridized carbons (Fsp3) is 0.600. The molecule has 0 aliphatic heterocycles. The van der Waals surface area contributed by atoms with Crippen molar-refractivity contribution in [3.8, 4) is 0 Å². The Balaban J connectivity index is 2.33. The number of halogens is 1. The standard InChI is InChI=1S/C15H25IN2/c1-5-12(2)18(4)11-10-17-13(3)14-6-8-15(16)9-7-14/h6-9,12-13,17H,5,10-11H2,1-4H3. The monoisotopic (exact) mass is 360 g/mol. The number of hydrogen-bond acceptors (Lipinski definition) is 2. The predicted octanol–water partition coefficient (Wildman–Crippen LogP) is 3.67. The predicted molar refractivity (Wildman–Crippen MR) is 88.0 cm³/mol. The molecule has 0 aliphatic carbocycles. The highest BCUT2D eigenvalue weighted by molar-refractivity contribution is 14.1. The number of nitrogens with zero attached hydrogens (tertiary/aromatic N) is 1. The first-order valence-corrected chi connectivity index (χ1v) is 7.81. The summed E-state index contributed by atoms with van der Waals surface area (Å²) in [6, 6.07) is 9.83. The maximum Gasteiger partial charge on any atom is 0.0292 e. The fourth-order valence-electron chi connectivity index (χ4n) is 1.86. The van der Waals surface area contributed by atoms with Crippen molar-refractivity contribution in [3.05, 3.63) is 33.4 Å². The number of nitrogens with one attached hydrogen (secondary N) is 1. The summed E-state index contributed by atoms with van der Waals surface area (Å²) in [5.74, 6) is 0. The molecule has 0 spiro atoms. The van der Waals surface area contributed by atoms with Crippen molar-refractivity contribution >= 4 is 22.6 Å². The Morgan fingerprint density at radius 2 is 1.83 bits per heavy atom. The van der Waals surface area contributed by atoms with Crippen LogP contribution in [-0.4, -0.2) is 31.1 Å². The average molecular weight is 360 g/mol. The van der Waals surface area contributed by atoms with E-state index in [-0.39, 0.29) is 0 Å². The van der Waals surface area contributed by atoms with Crippen LogP contribution in [-0.2, 0) is 0 Å². The van der Waals surface area contributed by atoms with E-state index in [0.717, 1.165) is 13.1 Å². The van der Waals surface area contributed by atoms with Crippen LogP contribution >= 0.6 is 22.6 Å². The summed E-state index contributed by atoms with van der Waals surface area (Å²) in [7, 11) is 2.20. The lowest BCUT2D eigenvalue weighted by Crippen LogP contribution is -2.35. The van der Waals surface area contributed by atoms with Gasteiger partial charge in [-0.3, -0.25) is 0 Å². The highest BCUT2D eigenvalue weighted by atomic mass is 127. The van der Waals surface area contributed by atoms with Crippen LogP contribution in [0.15, 0.2) is 24.3 Å². The van der Waals surface area contributed by atoms with E-state index in [1.54, 1.807) is 0 Å². The van der Waals surface area contributed by atoms with Crippen molar-refractivity contribution in [1.82, 2.24) is 10.2 Å². The molecule has 0 radical (unpaired) electrons. The van der Waals surface area contributed by atoms with Gasteiger partial charge in [-0.1, -0.05) is 19.1 Å². The molecule has 102 valence electrons. The third kappa shape index (κ3) is 5.24. The molecule has 1 N–H and O–H groups in total.